The van der Waals surface area contributed by atoms with Gasteiger partial charge in [0.2, 0.25) is 6.41 Å². The molecule has 0 N–H and O–H groups in total. The maximum Gasteiger partial charge on any atom is 0.209 e. The third-order valence-corrected chi connectivity index (χ3v) is 3.02. The summed E-state index contributed by atoms with van der Waals surface area (Å²) in [7, 11) is 0. The molecule has 1 amide bonds. The Kier molecular flexibility index (Phi) is 2.53. The van der Waals surface area contributed by atoms with Crippen LogP contribution >= 0.6 is 0 Å². The van der Waals surface area contributed by atoms with Crippen LogP contribution in [0.25, 0.3) is 0 Å². The molecule has 1 aromatic carbocycles. The Hall–Kier alpha value is -1.31. The van der Waals surface area contributed by atoms with Gasteiger partial charge in [0, 0.05) is 19.0 Å². The molecule has 2 heteroatoms. The molecule has 2 nitrogen and oxygen atoms in total. The van der Waals surface area contributed by atoms with E-state index >= 15 is 0 Å². The van der Waals surface area contributed by atoms with Crippen molar-refractivity contribution in [3.8, 4) is 0 Å². The fourth-order valence-corrected chi connectivity index (χ4v) is 2.22. The van der Waals surface area contributed by atoms with Crippen LogP contribution in [0.4, 0.5) is 0 Å². The Labute approximate surface area is 84.5 Å². The molecule has 14 heavy (non-hydrogen) atoms. The van der Waals surface area contributed by atoms with Gasteiger partial charge >= 0.3 is 0 Å². The number of carbonyl (C=O) groups excluding carboxylic acids is 1. The lowest BCUT2D eigenvalue weighted by molar-refractivity contribution is -0.117. The molecule has 0 aromatic heterocycles. The molecule has 2 atom stereocenters. The summed E-state index contributed by atoms with van der Waals surface area (Å²) >= 11 is 0. The molecule has 0 spiro atoms. The lowest BCUT2D eigenvalue weighted by Gasteiger charge is -2.13. The summed E-state index contributed by atoms with van der Waals surface area (Å²) in [5.74, 6) is 1.09. The molecular weight excluding hydrogens is 174 g/mol. The van der Waals surface area contributed by atoms with Gasteiger partial charge in [0.15, 0.2) is 0 Å². The van der Waals surface area contributed by atoms with Gasteiger partial charge < -0.3 is 4.90 Å². The predicted octanol–water partition coefficient (Wildman–Crippen LogP) is 1.88. The van der Waals surface area contributed by atoms with Crippen molar-refractivity contribution in [2.24, 2.45) is 5.92 Å². The molecule has 1 heterocycles. The monoisotopic (exact) mass is 189 g/mol. The average molecular weight is 189 g/mol. The van der Waals surface area contributed by atoms with Gasteiger partial charge in [-0.2, -0.15) is 0 Å². The highest BCUT2D eigenvalue weighted by atomic mass is 16.1. The normalized spacial score (nSPS) is 26.5. The number of carbonyl (C=O) groups is 1. The summed E-state index contributed by atoms with van der Waals surface area (Å²) in [4.78, 5) is 12.5. The van der Waals surface area contributed by atoms with E-state index in [-0.39, 0.29) is 0 Å². The second-order valence-corrected chi connectivity index (χ2v) is 4.05. The molecule has 1 fully saturated rings. The minimum Gasteiger partial charge on any atom is -0.344 e. The number of hydrogen-bond acceptors (Lipinski definition) is 1. The van der Waals surface area contributed by atoms with E-state index in [0.717, 1.165) is 19.5 Å². The van der Waals surface area contributed by atoms with E-state index in [9.17, 15) is 4.79 Å². The fourth-order valence-electron chi connectivity index (χ4n) is 2.22. The molecule has 1 aromatic rings. The first-order chi connectivity index (χ1) is 6.81. The van der Waals surface area contributed by atoms with Crippen molar-refractivity contribution in [2.45, 2.75) is 12.8 Å². The minimum absolute atomic E-state index is 0.515. The van der Waals surface area contributed by atoms with Crippen LogP contribution in [0.2, 0.25) is 0 Å². The largest absolute Gasteiger partial charge is 0.344 e. The molecule has 1 unspecified atom stereocenters. The van der Waals surface area contributed by atoms with E-state index in [0.29, 0.717) is 11.8 Å². The van der Waals surface area contributed by atoms with Crippen LogP contribution in [0.1, 0.15) is 18.4 Å². The van der Waals surface area contributed by atoms with Crippen LogP contribution in [0.15, 0.2) is 30.3 Å². The van der Waals surface area contributed by atoms with Gasteiger partial charge in [-0.25, -0.2) is 0 Å². The Bertz CT molecular complexity index is 309. The quantitative estimate of drug-likeness (QED) is 0.650. The summed E-state index contributed by atoms with van der Waals surface area (Å²) in [6, 6.07) is 10.4. The summed E-state index contributed by atoms with van der Waals surface area (Å²) < 4.78 is 0. The van der Waals surface area contributed by atoms with Crippen LogP contribution in [0, 0.1) is 5.92 Å². The Morgan fingerprint density at radius 3 is 2.57 bits per heavy atom. The van der Waals surface area contributed by atoms with Crippen LogP contribution in [0.5, 0.6) is 0 Å². The topological polar surface area (TPSA) is 20.3 Å². The van der Waals surface area contributed by atoms with Gasteiger partial charge in [-0.3, -0.25) is 4.79 Å². The third-order valence-electron chi connectivity index (χ3n) is 3.02. The molecule has 0 saturated carbocycles. The van der Waals surface area contributed by atoms with E-state index < -0.39 is 0 Å². The highest BCUT2D eigenvalue weighted by Crippen LogP contribution is 2.31. The minimum atomic E-state index is 0.515. The molecule has 1 saturated heterocycles. The zero-order chi connectivity index (χ0) is 9.97. The highest BCUT2D eigenvalue weighted by Gasteiger charge is 2.29. The SMILES string of the molecule is C[C@H]1CN(C=O)CC1c1ccccc1. The molecular formula is C12H15NO. The number of amides is 1. The molecule has 0 radical (unpaired) electrons. The molecule has 2 rings (SSSR count). The van der Waals surface area contributed by atoms with Crippen LogP contribution < -0.4 is 0 Å². The molecule has 0 bridgehead atoms. The van der Waals surface area contributed by atoms with Crippen molar-refractivity contribution in [1.82, 2.24) is 4.90 Å². The summed E-state index contributed by atoms with van der Waals surface area (Å²) in [6.45, 7) is 3.97. The summed E-state index contributed by atoms with van der Waals surface area (Å²) in [6.07, 6.45) is 0.958. The van der Waals surface area contributed by atoms with E-state index in [1.54, 1.807) is 0 Å². The predicted molar refractivity (Wildman–Crippen MR) is 56.0 cm³/mol. The molecule has 1 aliphatic rings. The van der Waals surface area contributed by atoms with E-state index in [4.69, 9.17) is 0 Å². The Balaban J connectivity index is 2.16. The van der Waals surface area contributed by atoms with Gasteiger partial charge in [0.1, 0.15) is 0 Å². The summed E-state index contributed by atoms with van der Waals surface area (Å²) in [5.41, 5.74) is 1.35. The van der Waals surface area contributed by atoms with Crippen molar-refractivity contribution in [2.75, 3.05) is 13.1 Å². The van der Waals surface area contributed by atoms with Gasteiger partial charge in [-0.15, -0.1) is 0 Å². The zero-order valence-electron chi connectivity index (χ0n) is 8.39. The van der Waals surface area contributed by atoms with Gasteiger partial charge in [0.25, 0.3) is 0 Å². The number of hydrogen-bond donors (Lipinski definition) is 0. The van der Waals surface area contributed by atoms with Gasteiger partial charge in [-0.05, 0) is 11.5 Å². The first-order valence-corrected chi connectivity index (χ1v) is 5.05. The molecule has 1 aliphatic heterocycles. The van der Waals surface area contributed by atoms with Crippen LogP contribution in [0.3, 0.4) is 0 Å². The van der Waals surface area contributed by atoms with Gasteiger partial charge in [0.05, 0.1) is 0 Å². The van der Waals surface area contributed by atoms with E-state index in [1.807, 2.05) is 11.0 Å². The summed E-state index contributed by atoms with van der Waals surface area (Å²) in [5, 5.41) is 0. The zero-order valence-corrected chi connectivity index (χ0v) is 8.39. The third kappa shape index (κ3) is 1.65. The van der Waals surface area contributed by atoms with Crippen molar-refractivity contribution in [3.05, 3.63) is 35.9 Å². The maximum atomic E-state index is 10.7. The first kappa shape index (κ1) is 9.25. The standard InChI is InChI=1S/C12H15NO/c1-10-7-13(9-14)8-12(10)11-5-3-2-4-6-11/h2-6,9-10,12H,7-8H2,1H3/t10-,12?/m0/s1. The van der Waals surface area contributed by atoms with E-state index in [2.05, 4.69) is 31.2 Å². The second-order valence-electron chi connectivity index (χ2n) is 4.05. The van der Waals surface area contributed by atoms with Crippen LogP contribution in [-0.2, 0) is 4.79 Å². The number of benzene rings is 1. The van der Waals surface area contributed by atoms with Crippen molar-refractivity contribution >= 4 is 6.41 Å². The highest BCUT2D eigenvalue weighted by molar-refractivity contribution is 5.48. The average Bonchev–Trinajstić information content (AvgIpc) is 2.61. The Morgan fingerprint density at radius 1 is 1.29 bits per heavy atom. The second kappa shape index (κ2) is 3.82. The van der Waals surface area contributed by atoms with E-state index in [1.165, 1.54) is 5.56 Å². The lowest BCUT2D eigenvalue weighted by atomic mass is 9.90. The Morgan fingerprint density at radius 2 is 2.00 bits per heavy atom. The van der Waals surface area contributed by atoms with Crippen molar-refractivity contribution in [1.29, 1.82) is 0 Å². The maximum absolute atomic E-state index is 10.7. The van der Waals surface area contributed by atoms with Crippen molar-refractivity contribution in [3.63, 3.8) is 0 Å². The van der Waals surface area contributed by atoms with Gasteiger partial charge in [-0.1, -0.05) is 37.3 Å². The number of likely N-dealkylation sites (tertiary alicyclic amines) is 1. The smallest absolute Gasteiger partial charge is 0.209 e. The fraction of sp³-hybridized carbons (Fsp3) is 0.417. The number of rotatable bonds is 2. The first-order valence-electron chi connectivity index (χ1n) is 5.05. The number of nitrogens with zero attached hydrogens (tertiary/aromatic N) is 1. The molecule has 74 valence electrons. The lowest BCUT2D eigenvalue weighted by Crippen LogP contribution is -2.17. The van der Waals surface area contributed by atoms with Crippen molar-refractivity contribution < 1.29 is 4.79 Å². The van der Waals surface area contributed by atoms with Crippen LogP contribution in [-0.4, -0.2) is 24.4 Å². The molecule has 0 aliphatic carbocycles.